The largest absolute Gasteiger partial charge is 0.508 e. The molecule has 0 heterocycles. The maximum atomic E-state index is 9.26. The Labute approximate surface area is 110 Å². The maximum Gasteiger partial charge on any atom is 0.115 e. The summed E-state index contributed by atoms with van der Waals surface area (Å²) >= 11 is 1.96. The smallest absolute Gasteiger partial charge is 0.115 e. The molecule has 17 heavy (non-hydrogen) atoms. The second-order valence-electron chi connectivity index (χ2n) is 4.52. The van der Waals surface area contributed by atoms with E-state index in [-0.39, 0.29) is 0 Å². The van der Waals surface area contributed by atoms with Gasteiger partial charge in [0.15, 0.2) is 0 Å². The molecule has 1 N–H and O–H groups in total. The van der Waals surface area contributed by atoms with E-state index in [1.54, 1.807) is 12.1 Å². The molecule has 0 fully saturated rings. The minimum atomic E-state index is 0.354. The summed E-state index contributed by atoms with van der Waals surface area (Å²) < 4.78 is 0. The van der Waals surface area contributed by atoms with Gasteiger partial charge in [-0.2, -0.15) is 0 Å². The summed E-state index contributed by atoms with van der Waals surface area (Å²) in [6.45, 7) is 4.51. The Balaban J connectivity index is 2.44. The molecule has 2 heteroatoms. The van der Waals surface area contributed by atoms with E-state index in [2.05, 4.69) is 13.8 Å². The van der Waals surface area contributed by atoms with Crippen LogP contribution in [0.3, 0.4) is 0 Å². The molecule has 0 aliphatic carbocycles. The molecule has 1 atom stereocenters. The van der Waals surface area contributed by atoms with E-state index in [9.17, 15) is 5.11 Å². The van der Waals surface area contributed by atoms with Crippen LogP contribution in [-0.4, -0.2) is 10.4 Å². The van der Waals surface area contributed by atoms with Crippen LogP contribution in [0, 0.1) is 0 Å². The van der Waals surface area contributed by atoms with E-state index >= 15 is 0 Å². The van der Waals surface area contributed by atoms with Crippen LogP contribution in [0.1, 0.15) is 52.4 Å². The number of unbranched alkanes of at least 4 members (excludes halogenated alkanes) is 2. The van der Waals surface area contributed by atoms with Gasteiger partial charge in [-0.3, -0.25) is 0 Å². The molecule has 1 unspecified atom stereocenters. The van der Waals surface area contributed by atoms with Gasteiger partial charge in [0, 0.05) is 10.1 Å². The second-order valence-corrected chi connectivity index (χ2v) is 5.89. The Hall–Kier alpha value is -0.630. The molecule has 0 spiro atoms. The van der Waals surface area contributed by atoms with Crippen molar-refractivity contribution in [3.63, 3.8) is 0 Å². The van der Waals surface area contributed by atoms with Gasteiger partial charge in [0.1, 0.15) is 5.75 Å². The topological polar surface area (TPSA) is 20.2 Å². The molecule has 0 amide bonds. The fourth-order valence-electron chi connectivity index (χ4n) is 1.92. The number of hydrogen-bond donors (Lipinski definition) is 1. The summed E-state index contributed by atoms with van der Waals surface area (Å²) in [5.41, 5.74) is 0. The molecule has 1 aromatic carbocycles. The third-order valence-corrected chi connectivity index (χ3v) is 4.23. The minimum absolute atomic E-state index is 0.354. The second kappa shape index (κ2) is 8.46. The number of hydrogen-bond acceptors (Lipinski definition) is 2. The molecular formula is C15H24OS. The first-order chi connectivity index (χ1) is 8.26. The average molecular weight is 252 g/mol. The van der Waals surface area contributed by atoms with Crippen LogP contribution in [0.25, 0.3) is 0 Å². The lowest BCUT2D eigenvalue weighted by molar-refractivity contribution is 0.475. The van der Waals surface area contributed by atoms with Crippen LogP contribution >= 0.6 is 11.8 Å². The molecule has 1 nitrogen and oxygen atoms in total. The third kappa shape index (κ3) is 6.02. The van der Waals surface area contributed by atoms with Crippen molar-refractivity contribution < 1.29 is 5.11 Å². The van der Waals surface area contributed by atoms with Gasteiger partial charge in [0.05, 0.1) is 0 Å². The summed E-state index contributed by atoms with van der Waals surface area (Å²) in [6.07, 6.45) is 7.83. The van der Waals surface area contributed by atoms with E-state index in [1.165, 1.54) is 43.4 Å². The molecule has 0 aliphatic rings. The Bertz CT molecular complexity index is 294. The van der Waals surface area contributed by atoms with Crippen molar-refractivity contribution in [2.75, 3.05) is 0 Å². The van der Waals surface area contributed by atoms with Crippen LogP contribution < -0.4 is 0 Å². The molecule has 0 aliphatic heterocycles. The maximum absolute atomic E-state index is 9.26. The van der Waals surface area contributed by atoms with Crippen LogP contribution in [0.4, 0.5) is 0 Å². The number of rotatable bonds is 8. The van der Waals surface area contributed by atoms with Gasteiger partial charge in [-0.05, 0) is 37.1 Å². The fourth-order valence-corrected chi connectivity index (χ4v) is 3.24. The van der Waals surface area contributed by atoms with Crippen LogP contribution in [0.15, 0.2) is 29.2 Å². The van der Waals surface area contributed by atoms with Crippen LogP contribution in [0.5, 0.6) is 5.75 Å². The van der Waals surface area contributed by atoms with Gasteiger partial charge >= 0.3 is 0 Å². The summed E-state index contributed by atoms with van der Waals surface area (Å²) in [7, 11) is 0. The first-order valence-corrected chi connectivity index (χ1v) is 7.60. The van der Waals surface area contributed by atoms with E-state index < -0.39 is 0 Å². The summed E-state index contributed by atoms with van der Waals surface area (Å²) in [5, 5.41) is 9.99. The van der Waals surface area contributed by atoms with Crippen LogP contribution in [-0.2, 0) is 0 Å². The average Bonchev–Trinajstić information content (AvgIpc) is 2.32. The molecular weight excluding hydrogens is 228 g/mol. The highest BCUT2D eigenvalue weighted by atomic mass is 32.2. The lowest BCUT2D eigenvalue weighted by Crippen LogP contribution is -2.01. The van der Waals surface area contributed by atoms with Crippen molar-refractivity contribution in [2.45, 2.75) is 62.5 Å². The highest BCUT2D eigenvalue weighted by molar-refractivity contribution is 8.00. The van der Waals surface area contributed by atoms with Gasteiger partial charge in [0.2, 0.25) is 0 Å². The predicted octanol–water partition coefficient (Wildman–Crippen LogP) is 5.23. The predicted molar refractivity (Wildman–Crippen MR) is 76.8 cm³/mol. The van der Waals surface area contributed by atoms with Crippen molar-refractivity contribution in [3.8, 4) is 5.75 Å². The third-order valence-electron chi connectivity index (χ3n) is 2.88. The molecule has 0 saturated heterocycles. The van der Waals surface area contributed by atoms with Gasteiger partial charge in [-0.15, -0.1) is 11.8 Å². The fraction of sp³-hybridized carbons (Fsp3) is 0.600. The van der Waals surface area contributed by atoms with E-state index in [4.69, 9.17) is 0 Å². The lowest BCUT2D eigenvalue weighted by atomic mass is 10.1. The highest BCUT2D eigenvalue weighted by Crippen LogP contribution is 2.30. The van der Waals surface area contributed by atoms with Gasteiger partial charge in [-0.1, -0.05) is 39.5 Å². The Morgan fingerprint density at radius 3 is 2.29 bits per heavy atom. The Morgan fingerprint density at radius 2 is 1.71 bits per heavy atom. The quantitative estimate of drug-likeness (QED) is 0.505. The minimum Gasteiger partial charge on any atom is -0.508 e. The number of phenolic OH excluding ortho intramolecular Hbond substituents is 1. The first kappa shape index (κ1) is 14.4. The standard InChI is InChI=1S/C15H24OS/c1-3-5-6-8-14(7-4-2)17-15-11-9-13(16)10-12-15/h9-12,14,16H,3-8H2,1-2H3. The Kier molecular flexibility index (Phi) is 7.18. The van der Waals surface area contributed by atoms with Crippen molar-refractivity contribution >= 4 is 11.8 Å². The highest BCUT2D eigenvalue weighted by Gasteiger charge is 2.09. The summed E-state index contributed by atoms with van der Waals surface area (Å²) in [4.78, 5) is 1.28. The van der Waals surface area contributed by atoms with E-state index in [0.717, 1.165) is 5.25 Å². The lowest BCUT2D eigenvalue weighted by Gasteiger charge is -2.15. The first-order valence-electron chi connectivity index (χ1n) is 6.72. The van der Waals surface area contributed by atoms with Gasteiger partial charge in [0.25, 0.3) is 0 Å². The molecule has 0 aromatic heterocycles. The normalized spacial score (nSPS) is 12.6. The van der Waals surface area contributed by atoms with Gasteiger partial charge in [-0.25, -0.2) is 0 Å². The number of benzene rings is 1. The van der Waals surface area contributed by atoms with Crippen molar-refractivity contribution in [1.29, 1.82) is 0 Å². The van der Waals surface area contributed by atoms with Gasteiger partial charge < -0.3 is 5.11 Å². The molecule has 1 rings (SSSR count). The summed E-state index contributed by atoms with van der Waals surface area (Å²) in [5.74, 6) is 0.354. The Morgan fingerprint density at radius 1 is 1.00 bits per heavy atom. The molecule has 0 radical (unpaired) electrons. The van der Waals surface area contributed by atoms with Crippen molar-refractivity contribution in [2.24, 2.45) is 0 Å². The zero-order valence-electron chi connectivity index (χ0n) is 11.0. The van der Waals surface area contributed by atoms with E-state index in [0.29, 0.717) is 5.75 Å². The molecule has 96 valence electrons. The van der Waals surface area contributed by atoms with Crippen molar-refractivity contribution in [3.05, 3.63) is 24.3 Å². The van der Waals surface area contributed by atoms with E-state index in [1.807, 2.05) is 23.9 Å². The number of phenols is 1. The molecule has 0 bridgehead atoms. The number of aromatic hydroxyl groups is 1. The number of thioether (sulfide) groups is 1. The summed E-state index contributed by atoms with van der Waals surface area (Å²) in [6, 6.07) is 7.58. The zero-order chi connectivity index (χ0) is 12.5. The molecule has 1 aromatic rings. The zero-order valence-corrected chi connectivity index (χ0v) is 11.8. The molecule has 0 saturated carbocycles. The SMILES string of the molecule is CCCCCC(CCC)Sc1ccc(O)cc1. The van der Waals surface area contributed by atoms with Crippen molar-refractivity contribution in [1.82, 2.24) is 0 Å². The van der Waals surface area contributed by atoms with Crippen LogP contribution in [0.2, 0.25) is 0 Å². The monoisotopic (exact) mass is 252 g/mol.